The number of halogens is 4. The number of amides is 1. The van der Waals surface area contributed by atoms with Crippen LogP contribution < -0.4 is 10.9 Å². The maximum absolute atomic E-state index is 13.6. The Labute approximate surface area is 199 Å². The van der Waals surface area contributed by atoms with Gasteiger partial charge >= 0.3 is 6.18 Å². The summed E-state index contributed by atoms with van der Waals surface area (Å²) in [5, 5.41) is 3.18. The third-order valence-electron chi connectivity index (χ3n) is 5.78. The molecule has 1 aromatic heterocycles. The molecule has 2 atom stereocenters. The van der Waals surface area contributed by atoms with Crippen molar-refractivity contribution in [2.75, 3.05) is 6.54 Å². The number of rotatable bonds is 4. The zero-order valence-corrected chi connectivity index (χ0v) is 19.2. The summed E-state index contributed by atoms with van der Waals surface area (Å²) in [6, 6.07) is 11.5. The van der Waals surface area contributed by atoms with Gasteiger partial charge in [0.25, 0.3) is 5.56 Å². The maximum Gasteiger partial charge on any atom is 0.416 e. The number of carbonyl (C=O) groups excluding carboxylic acids is 1. The average molecular weight is 491 g/mol. The van der Waals surface area contributed by atoms with E-state index in [1.807, 2.05) is 0 Å². The van der Waals surface area contributed by atoms with E-state index in [0.29, 0.717) is 33.8 Å². The molecule has 2 aromatic carbocycles. The molecule has 9 heteroatoms. The fraction of sp³-hybridized carbons (Fsp3) is 0.280. The average Bonchev–Trinajstić information content (AvgIpc) is 2.89. The van der Waals surface area contributed by atoms with E-state index in [1.165, 1.54) is 16.7 Å². The van der Waals surface area contributed by atoms with Gasteiger partial charge in [-0.1, -0.05) is 29.8 Å². The molecule has 0 bridgehead atoms. The zero-order valence-electron chi connectivity index (χ0n) is 18.4. The van der Waals surface area contributed by atoms with Crippen LogP contribution in [0.1, 0.15) is 47.8 Å². The standard InChI is InChI=1S/C25H22ClF3N2O3/c1-3-30-22(32)12-21-18-11-23(33)31(2)13-20(18)17-9-6-15(25(27,28)29)10-19(17)24(34-21)14-4-7-16(26)8-5-14/h4-11,13,21,24H,3,12H2,1-2H3,(H,30,32)/t21-,24-/m0/s1. The first-order valence-electron chi connectivity index (χ1n) is 10.7. The Balaban J connectivity index is 1.98. The summed E-state index contributed by atoms with van der Waals surface area (Å²) in [4.78, 5) is 25.0. The van der Waals surface area contributed by atoms with Crippen molar-refractivity contribution in [1.29, 1.82) is 0 Å². The smallest absolute Gasteiger partial charge is 0.360 e. The lowest BCUT2D eigenvalue weighted by Gasteiger charge is -2.24. The molecule has 5 nitrogen and oxygen atoms in total. The first-order chi connectivity index (χ1) is 16.1. The van der Waals surface area contributed by atoms with Gasteiger partial charge in [0, 0.05) is 36.4 Å². The largest absolute Gasteiger partial charge is 0.416 e. The minimum atomic E-state index is -4.56. The van der Waals surface area contributed by atoms with Gasteiger partial charge in [0.15, 0.2) is 0 Å². The van der Waals surface area contributed by atoms with Crippen molar-refractivity contribution >= 4 is 17.5 Å². The monoisotopic (exact) mass is 490 g/mol. The summed E-state index contributed by atoms with van der Waals surface area (Å²) < 4.78 is 48.6. The predicted molar refractivity (Wildman–Crippen MR) is 123 cm³/mol. The van der Waals surface area contributed by atoms with E-state index in [1.54, 1.807) is 44.4 Å². The highest BCUT2D eigenvalue weighted by atomic mass is 35.5. The number of hydrogen-bond acceptors (Lipinski definition) is 3. The van der Waals surface area contributed by atoms with E-state index in [4.69, 9.17) is 16.3 Å². The van der Waals surface area contributed by atoms with E-state index < -0.39 is 23.9 Å². The van der Waals surface area contributed by atoms with Gasteiger partial charge in [0.05, 0.1) is 18.1 Å². The maximum atomic E-state index is 13.6. The Hall–Kier alpha value is -3.10. The molecule has 1 aliphatic heterocycles. The van der Waals surface area contributed by atoms with Crippen LogP contribution in [0, 0.1) is 0 Å². The number of fused-ring (bicyclic) bond motifs is 3. The summed E-state index contributed by atoms with van der Waals surface area (Å²) in [7, 11) is 1.56. The van der Waals surface area contributed by atoms with Gasteiger partial charge in [-0.05, 0) is 53.4 Å². The minimum Gasteiger partial charge on any atom is -0.360 e. The van der Waals surface area contributed by atoms with Crippen LogP contribution in [0.4, 0.5) is 13.2 Å². The molecule has 1 amide bonds. The second kappa shape index (κ2) is 9.27. The van der Waals surface area contributed by atoms with Gasteiger partial charge in [-0.25, -0.2) is 0 Å². The predicted octanol–water partition coefficient (Wildman–Crippen LogP) is 5.41. The minimum absolute atomic E-state index is 0.0990. The van der Waals surface area contributed by atoms with Gasteiger partial charge in [-0.3, -0.25) is 9.59 Å². The molecular weight excluding hydrogens is 469 g/mol. The lowest BCUT2D eigenvalue weighted by atomic mass is 9.90. The molecule has 2 heterocycles. The second-order valence-electron chi connectivity index (χ2n) is 8.11. The molecule has 0 saturated heterocycles. The molecule has 178 valence electrons. The third-order valence-corrected chi connectivity index (χ3v) is 6.03. The number of carbonyl (C=O) groups is 1. The van der Waals surface area contributed by atoms with E-state index in [9.17, 15) is 22.8 Å². The normalized spacial score (nSPS) is 17.5. The number of alkyl halides is 3. The summed E-state index contributed by atoms with van der Waals surface area (Å²) >= 11 is 6.03. The first kappa shape index (κ1) is 24.0. The van der Waals surface area contributed by atoms with Crippen molar-refractivity contribution < 1.29 is 22.7 Å². The fourth-order valence-electron chi connectivity index (χ4n) is 4.14. The van der Waals surface area contributed by atoms with Crippen LogP contribution in [0.15, 0.2) is 59.5 Å². The third kappa shape index (κ3) is 4.74. The molecule has 0 saturated carbocycles. The fourth-order valence-corrected chi connectivity index (χ4v) is 4.27. The van der Waals surface area contributed by atoms with Crippen LogP contribution in [-0.2, 0) is 22.8 Å². The Morgan fingerprint density at radius 3 is 2.44 bits per heavy atom. The van der Waals surface area contributed by atoms with Gasteiger partial charge in [0.1, 0.15) is 6.10 Å². The quantitative estimate of drug-likeness (QED) is 0.532. The van der Waals surface area contributed by atoms with Gasteiger partial charge in [0.2, 0.25) is 5.91 Å². The number of ether oxygens (including phenoxy) is 1. The lowest BCUT2D eigenvalue weighted by Crippen LogP contribution is -2.26. The van der Waals surface area contributed by atoms with Crippen LogP contribution in [0.3, 0.4) is 0 Å². The molecular formula is C25H22ClF3N2O3. The van der Waals surface area contributed by atoms with Crippen LogP contribution in [-0.4, -0.2) is 17.0 Å². The first-order valence-corrected chi connectivity index (χ1v) is 11.1. The number of hydrogen-bond donors (Lipinski definition) is 1. The summed E-state index contributed by atoms with van der Waals surface area (Å²) in [6.07, 6.45) is -4.88. The number of nitrogens with one attached hydrogen (secondary N) is 1. The lowest BCUT2D eigenvalue weighted by molar-refractivity contribution is -0.137. The molecule has 1 aliphatic rings. The number of aryl methyl sites for hydroxylation is 1. The van der Waals surface area contributed by atoms with Gasteiger partial charge in [-0.2, -0.15) is 13.2 Å². The second-order valence-corrected chi connectivity index (χ2v) is 8.54. The number of pyridine rings is 1. The molecule has 0 spiro atoms. The highest BCUT2D eigenvalue weighted by Crippen LogP contribution is 2.46. The summed E-state index contributed by atoms with van der Waals surface area (Å²) in [6.45, 7) is 2.19. The van der Waals surface area contributed by atoms with Crippen molar-refractivity contribution in [2.24, 2.45) is 7.05 Å². The van der Waals surface area contributed by atoms with Gasteiger partial charge in [-0.15, -0.1) is 0 Å². The van der Waals surface area contributed by atoms with Crippen molar-refractivity contribution in [3.63, 3.8) is 0 Å². The van der Waals surface area contributed by atoms with Crippen molar-refractivity contribution in [3.8, 4) is 11.1 Å². The molecule has 3 aromatic rings. The van der Waals surface area contributed by atoms with E-state index in [-0.39, 0.29) is 23.5 Å². The van der Waals surface area contributed by atoms with E-state index in [2.05, 4.69) is 5.32 Å². The van der Waals surface area contributed by atoms with Crippen molar-refractivity contribution in [3.05, 3.63) is 92.4 Å². The van der Waals surface area contributed by atoms with Crippen LogP contribution in [0.5, 0.6) is 0 Å². The Kier molecular flexibility index (Phi) is 6.55. The molecule has 0 unspecified atom stereocenters. The Morgan fingerprint density at radius 1 is 1.09 bits per heavy atom. The molecule has 4 rings (SSSR count). The van der Waals surface area contributed by atoms with Crippen LogP contribution in [0.2, 0.25) is 5.02 Å². The Bertz CT molecular complexity index is 1290. The zero-order chi connectivity index (χ0) is 24.6. The SMILES string of the molecule is CCNC(=O)C[C@@H]1O[C@@H](c2ccc(Cl)cc2)c2cc(C(F)(F)F)ccc2-c2cn(C)c(=O)cc21. The number of nitrogens with zero attached hydrogens (tertiary/aromatic N) is 1. The van der Waals surface area contributed by atoms with Crippen molar-refractivity contribution in [1.82, 2.24) is 9.88 Å². The molecule has 34 heavy (non-hydrogen) atoms. The Morgan fingerprint density at radius 2 is 1.79 bits per heavy atom. The molecule has 0 radical (unpaired) electrons. The summed E-state index contributed by atoms with van der Waals surface area (Å²) in [5.41, 5.74) is 1.21. The van der Waals surface area contributed by atoms with Gasteiger partial charge < -0.3 is 14.6 Å². The van der Waals surface area contributed by atoms with E-state index >= 15 is 0 Å². The van der Waals surface area contributed by atoms with Crippen LogP contribution in [0.25, 0.3) is 11.1 Å². The highest BCUT2D eigenvalue weighted by molar-refractivity contribution is 6.30. The molecule has 0 aliphatic carbocycles. The number of aromatic nitrogens is 1. The number of benzene rings is 2. The van der Waals surface area contributed by atoms with Crippen LogP contribution >= 0.6 is 11.6 Å². The van der Waals surface area contributed by atoms with E-state index in [0.717, 1.165) is 12.1 Å². The molecule has 1 N–H and O–H groups in total. The topological polar surface area (TPSA) is 60.3 Å². The van der Waals surface area contributed by atoms with Crippen molar-refractivity contribution in [2.45, 2.75) is 31.7 Å². The highest BCUT2D eigenvalue weighted by Gasteiger charge is 2.36. The summed E-state index contributed by atoms with van der Waals surface area (Å²) in [5.74, 6) is -0.295. The molecule has 0 fully saturated rings.